The lowest BCUT2D eigenvalue weighted by Gasteiger charge is -2.27. The van der Waals surface area contributed by atoms with Crippen LogP contribution < -0.4 is 0 Å². The number of hydrogen-bond donors (Lipinski definition) is 0. The fourth-order valence-electron chi connectivity index (χ4n) is 3.15. The zero-order chi connectivity index (χ0) is 14.4. The Labute approximate surface area is 123 Å². The number of benzene rings is 1. The fraction of sp³-hybridized carbons (Fsp3) is 0.611. The summed E-state index contributed by atoms with van der Waals surface area (Å²) < 4.78 is 0. The number of carbonyl (C=O) groups excluding carboxylic acids is 1. The van der Waals surface area contributed by atoms with Crippen molar-refractivity contribution >= 4 is 5.91 Å². The summed E-state index contributed by atoms with van der Waals surface area (Å²) in [6.07, 6.45) is 8.53. The van der Waals surface area contributed by atoms with Gasteiger partial charge in [-0.25, -0.2) is 0 Å². The molecule has 0 aromatic heterocycles. The van der Waals surface area contributed by atoms with E-state index >= 15 is 0 Å². The topological polar surface area (TPSA) is 20.3 Å². The molecular formula is C18H27NO. The predicted octanol–water partition coefficient (Wildman–Crippen LogP) is 4.57. The lowest BCUT2D eigenvalue weighted by molar-refractivity contribution is -0.132. The van der Waals surface area contributed by atoms with E-state index in [0.717, 1.165) is 12.3 Å². The molecule has 0 saturated heterocycles. The smallest absolute Gasteiger partial charge is 0.222 e. The third kappa shape index (κ3) is 4.09. The van der Waals surface area contributed by atoms with Crippen LogP contribution in [0.3, 0.4) is 0 Å². The molecule has 1 aliphatic carbocycles. The first kappa shape index (κ1) is 15.1. The molecule has 1 aromatic carbocycles. The zero-order valence-corrected chi connectivity index (χ0v) is 12.8. The minimum absolute atomic E-state index is 0.162. The molecule has 0 aliphatic heterocycles. The average Bonchev–Trinajstić information content (AvgIpc) is 2.53. The molecule has 1 fully saturated rings. The van der Waals surface area contributed by atoms with Crippen molar-refractivity contribution in [2.75, 3.05) is 7.05 Å². The molecule has 1 aliphatic rings. The lowest BCUT2D eigenvalue weighted by Crippen LogP contribution is -2.30. The quantitative estimate of drug-likeness (QED) is 0.769. The van der Waals surface area contributed by atoms with Crippen molar-refractivity contribution in [2.24, 2.45) is 5.92 Å². The summed E-state index contributed by atoms with van der Waals surface area (Å²) in [6, 6.07) is 10.4. The van der Waals surface area contributed by atoms with Crippen molar-refractivity contribution in [3.63, 3.8) is 0 Å². The van der Waals surface area contributed by atoms with Crippen molar-refractivity contribution in [2.45, 2.75) is 57.9 Å². The molecular weight excluding hydrogens is 246 g/mol. The third-order valence-corrected chi connectivity index (χ3v) is 4.75. The van der Waals surface area contributed by atoms with Crippen LogP contribution in [0, 0.1) is 5.92 Å². The minimum Gasteiger partial charge on any atom is -0.339 e. The van der Waals surface area contributed by atoms with Crippen molar-refractivity contribution in [3.8, 4) is 0 Å². The molecule has 0 spiro atoms. The lowest BCUT2D eigenvalue weighted by atomic mass is 9.86. The number of rotatable bonds is 5. The molecule has 0 heterocycles. The van der Waals surface area contributed by atoms with Crippen LogP contribution in [0.25, 0.3) is 0 Å². The molecule has 1 amide bonds. The Morgan fingerprint density at radius 2 is 1.85 bits per heavy atom. The van der Waals surface area contributed by atoms with Crippen LogP contribution in [0.4, 0.5) is 0 Å². The molecule has 0 bridgehead atoms. The normalized spacial score (nSPS) is 17.7. The van der Waals surface area contributed by atoms with Gasteiger partial charge in [-0.15, -0.1) is 0 Å². The number of nitrogens with zero attached hydrogens (tertiary/aromatic N) is 1. The minimum atomic E-state index is 0.162. The highest BCUT2D eigenvalue weighted by Gasteiger charge is 2.19. The van der Waals surface area contributed by atoms with E-state index in [9.17, 15) is 4.79 Å². The van der Waals surface area contributed by atoms with Crippen molar-refractivity contribution in [1.29, 1.82) is 0 Å². The van der Waals surface area contributed by atoms with Gasteiger partial charge in [0, 0.05) is 13.5 Å². The molecule has 0 radical (unpaired) electrons. The molecule has 1 saturated carbocycles. The molecule has 2 nitrogen and oxygen atoms in total. The van der Waals surface area contributed by atoms with Crippen LogP contribution >= 0.6 is 0 Å². The third-order valence-electron chi connectivity index (χ3n) is 4.75. The van der Waals surface area contributed by atoms with Gasteiger partial charge in [-0.05, 0) is 24.8 Å². The molecule has 0 N–H and O–H groups in total. The Bertz CT molecular complexity index is 409. The van der Waals surface area contributed by atoms with Crippen LogP contribution in [0.1, 0.15) is 63.5 Å². The highest BCUT2D eigenvalue weighted by Crippen LogP contribution is 2.28. The number of hydrogen-bond acceptors (Lipinski definition) is 1. The van der Waals surface area contributed by atoms with Crippen LogP contribution in [-0.4, -0.2) is 17.9 Å². The Morgan fingerprint density at radius 1 is 1.20 bits per heavy atom. The molecule has 1 aromatic rings. The summed E-state index contributed by atoms with van der Waals surface area (Å²) in [5, 5.41) is 0. The Balaban J connectivity index is 1.82. The second-order valence-corrected chi connectivity index (χ2v) is 6.13. The van der Waals surface area contributed by atoms with Gasteiger partial charge in [0.15, 0.2) is 0 Å². The van der Waals surface area contributed by atoms with E-state index < -0.39 is 0 Å². The second-order valence-electron chi connectivity index (χ2n) is 6.13. The van der Waals surface area contributed by atoms with Gasteiger partial charge in [-0.1, -0.05) is 62.4 Å². The van der Waals surface area contributed by atoms with Gasteiger partial charge in [0.2, 0.25) is 5.91 Å². The first-order valence-corrected chi connectivity index (χ1v) is 7.99. The van der Waals surface area contributed by atoms with Gasteiger partial charge < -0.3 is 4.90 Å². The van der Waals surface area contributed by atoms with Crippen LogP contribution in [0.2, 0.25) is 0 Å². The van der Waals surface area contributed by atoms with E-state index in [4.69, 9.17) is 0 Å². The summed E-state index contributed by atoms with van der Waals surface area (Å²) in [7, 11) is 1.93. The van der Waals surface area contributed by atoms with Gasteiger partial charge in [0.05, 0.1) is 6.04 Å². The largest absolute Gasteiger partial charge is 0.339 e. The van der Waals surface area contributed by atoms with E-state index in [0.29, 0.717) is 6.42 Å². The van der Waals surface area contributed by atoms with Crippen molar-refractivity contribution < 1.29 is 4.79 Å². The second kappa shape index (κ2) is 7.47. The maximum absolute atomic E-state index is 12.3. The van der Waals surface area contributed by atoms with E-state index in [1.807, 2.05) is 30.1 Å². The SMILES string of the molecule is CC(c1ccccc1)N(C)C(=O)CCC1CCCCC1. The molecule has 110 valence electrons. The van der Waals surface area contributed by atoms with Crippen molar-refractivity contribution in [3.05, 3.63) is 35.9 Å². The Hall–Kier alpha value is -1.31. The number of amides is 1. The molecule has 2 rings (SSSR count). The summed E-state index contributed by atoms with van der Waals surface area (Å²) in [5.41, 5.74) is 1.21. The standard InChI is InChI=1S/C18H27NO/c1-15(17-11-7-4-8-12-17)19(2)18(20)14-13-16-9-5-3-6-10-16/h4,7-8,11-12,15-16H,3,5-6,9-10,13-14H2,1-2H3. The van der Waals surface area contributed by atoms with Crippen LogP contribution in [0.15, 0.2) is 30.3 Å². The predicted molar refractivity (Wildman–Crippen MR) is 83.4 cm³/mol. The first-order valence-electron chi connectivity index (χ1n) is 7.99. The van der Waals surface area contributed by atoms with E-state index in [-0.39, 0.29) is 11.9 Å². The zero-order valence-electron chi connectivity index (χ0n) is 12.8. The molecule has 1 unspecified atom stereocenters. The Morgan fingerprint density at radius 3 is 2.50 bits per heavy atom. The van der Waals surface area contributed by atoms with E-state index in [1.54, 1.807) is 0 Å². The summed E-state index contributed by atoms with van der Waals surface area (Å²) in [5.74, 6) is 1.07. The van der Waals surface area contributed by atoms with E-state index in [2.05, 4.69) is 19.1 Å². The van der Waals surface area contributed by atoms with Gasteiger partial charge in [0.1, 0.15) is 0 Å². The van der Waals surface area contributed by atoms with E-state index in [1.165, 1.54) is 37.7 Å². The average molecular weight is 273 g/mol. The van der Waals surface area contributed by atoms with Gasteiger partial charge in [0.25, 0.3) is 0 Å². The van der Waals surface area contributed by atoms with Gasteiger partial charge >= 0.3 is 0 Å². The van der Waals surface area contributed by atoms with Crippen LogP contribution in [-0.2, 0) is 4.79 Å². The summed E-state index contributed by atoms with van der Waals surface area (Å²) >= 11 is 0. The molecule has 1 atom stereocenters. The fourth-order valence-corrected chi connectivity index (χ4v) is 3.15. The van der Waals surface area contributed by atoms with Gasteiger partial charge in [-0.3, -0.25) is 4.79 Å². The van der Waals surface area contributed by atoms with Crippen LogP contribution in [0.5, 0.6) is 0 Å². The first-order chi connectivity index (χ1) is 9.68. The monoisotopic (exact) mass is 273 g/mol. The number of carbonyl (C=O) groups is 1. The summed E-state index contributed by atoms with van der Waals surface area (Å²) in [4.78, 5) is 14.2. The maximum atomic E-state index is 12.3. The maximum Gasteiger partial charge on any atom is 0.222 e. The highest BCUT2D eigenvalue weighted by molar-refractivity contribution is 5.76. The highest BCUT2D eigenvalue weighted by atomic mass is 16.2. The summed E-state index contributed by atoms with van der Waals surface area (Å²) in [6.45, 7) is 2.11. The molecule has 20 heavy (non-hydrogen) atoms. The Kier molecular flexibility index (Phi) is 5.63. The van der Waals surface area contributed by atoms with Gasteiger partial charge in [-0.2, -0.15) is 0 Å². The molecule has 2 heteroatoms. The van der Waals surface area contributed by atoms with Crippen molar-refractivity contribution in [1.82, 2.24) is 4.90 Å².